The predicted molar refractivity (Wildman–Crippen MR) is 122 cm³/mol. The number of carbonyl (C=O) groups is 2. The number of aryl methyl sites for hydroxylation is 1. The number of likely N-dealkylation sites (tertiary alicyclic amines) is 1. The fraction of sp³-hybridized carbons (Fsp3) is 0.391. The van der Waals surface area contributed by atoms with Crippen molar-refractivity contribution in [1.82, 2.24) is 19.4 Å². The zero-order valence-corrected chi connectivity index (χ0v) is 18.5. The minimum atomic E-state index is -0.525. The maximum Gasteiger partial charge on any atom is 0.296 e. The highest BCUT2D eigenvalue weighted by Crippen LogP contribution is 2.34. The zero-order chi connectivity index (χ0) is 23.7. The third-order valence-electron chi connectivity index (χ3n) is 6.21. The van der Waals surface area contributed by atoms with Crippen LogP contribution in [0, 0.1) is 6.57 Å². The fourth-order valence-corrected chi connectivity index (χ4v) is 4.62. The maximum absolute atomic E-state index is 13.4. The summed E-state index contributed by atoms with van der Waals surface area (Å²) in [6.07, 6.45) is 1.12. The Morgan fingerprint density at radius 2 is 1.97 bits per heavy atom. The van der Waals surface area contributed by atoms with Crippen molar-refractivity contribution in [3.8, 4) is 5.75 Å². The van der Waals surface area contributed by atoms with Crippen molar-refractivity contribution in [3.05, 3.63) is 51.7 Å². The van der Waals surface area contributed by atoms with Crippen LogP contribution in [-0.2, 0) is 18.5 Å². The summed E-state index contributed by atoms with van der Waals surface area (Å²) in [6.45, 7) is 7.49. The van der Waals surface area contributed by atoms with Gasteiger partial charge in [0.05, 0.1) is 18.1 Å². The second kappa shape index (κ2) is 8.96. The molecule has 33 heavy (non-hydrogen) atoms. The van der Waals surface area contributed by atoms with Gasteiger partial charge in [0.2, 0.25) is 5.91 Å². The number of amides is 2. The number of rotatable bonds is 5. The van der Waals surface area contributed by atoms with Crippen LogP contribution in [0.4, 0.5) is 0 Å². The second-order valence-electron chi connectivity index (χ2n) is 8.00. The van der Waals surface area contributed by atoms with E-state index in [0.717, 1.165) is 5.39 Å². The molecule has 1 aliphatic rings. The molecular weight excluding hydrogens is 426 g/mol. The molecule has 0 unspecified atom stereocenters. The van der Waals surface area contributed by atoms with Crippen molar-refractivity contribution in [1.29, 1.82) is 0 Å². The number of benzene rings is 1. The van der Waals surface area contributed by atoms with E-state index in [9.17, 15) is 14.4 Å². The Morgan fingerprint density at radius 1 is 1.27 bits per heavy atom. The van der Waals surface area contributed by atoms with Crippen molar-refractivity contribution in [2.45, 2.75) is 25.6 Å². The first-order chi connectivity index (χ1) is 15.9. The lowest BCUT2D eigenvalue weighted by atomic mass is 10.0. The summed E-state index contributed by atoms with van der Waals surface area (Å²) in [5, 5.41) is 13.0. The highest BCUT2D eigenvalue weighted by molar-refractivity contribution is 6.12. The fourth-order valence-electron chi connectivity index (χ4n) is 4.62. The Labute approximate surface area is 189 Å². The number of nitrogens with zero attached hydrogens (tertiary/aromatic N) is 4. The van der Waals surface area contributed by atoms with Gasteiger partial charge in [0, 0.05) is 31.6 Å². The largest absolute Gasteiger partial charge is 0.493 e. The van der Waals surface area contributed by atoms with Crippen molar-refractivity contribution in [2.75, 3.05) is 26.8 Å². The van der Waals surface area contributed by atoms with Crippen molar-refractivity contribution in [2.24, 2.45) is 7.05 Å². The van der Waals surface area contributed by atoms with Gasteiger partial charge in [-0.1, -0.05) is 18.2 Å². The number of aliphatic hydroxyl groups excluding tert-OH is 1. The second-order valence-corrected chi connectivity index (χ2v) is 8.00. The number of fused-ring (bicyclic) bond motifs is 3. The summed E-state index contributed by atoms with van der Waals surface area (Å²) < 4.78 is 8.62. The highest BCUT2D eigenvalue weighted by atomic mass is 16.5. The number of pyridine rings is 1. The summed E-state index contributed by atoms with van der Waals surface area (Å²) in [5.41, 5.74) is 1.02. The van der Waals surface area contributed by atoms with E-state index in [-0.39, 0.29) is 46.9 Å². The molecule has 3 heterocycles. The smallest absolute Gasteiger partial charge is 0.296 e. The molecule has 1 fully saturated rings. The van der Waals surface area contributed by atoms with Gasteiger partial charge in [0.1, 0.15) is 12.0 Å². The number of para-hydroxylation sites is 1. The molecular formula is C23H25N5O5. The van der Waals surface area contributed by atoms with Crippen LogP contribution in [0.5, 0.6) is 5.75 Å². The van der Waals surface area contributed by atoms with Gasteiger partial charge < -0.3 is 24.6 Å². The van der Waals surface area contributed by atoms with Crippen LogP contribution in [0.2, 0.25) is 0 Å². The Morgan fingerprint density at radius 3 is 2.61 bits per heavy atom. The van der Waals surface area contributed by atoms with E-state index in [1.165, 1.54) is 11.7 Å². The van der Waals surface area contributed by atoms with Gasteiger partial charge in [-0.15, -0.1) is 0 Å². The average molecular weight is 451 g/mol. The molecule has 0 aliphatic carbocycles. The number of carbonyl (C=O) groups excluding carboxylic acids is 2. The maximum atomic E-state index is 13.4. The molecule has 2 N–H and O–H groups in total. The van der Waals surface area contributed by atoms with E-state index in [0.29, 0.717) is 37.0 Å². The summed E-state index contributed by atoms with van der Waals surface area (Å²) in [4.78, 5) is 43.3. The summed E-state index contributed by atoms with van der Waals surface area (Å²) in [6, 6.07) is 7.12. The summed E-state index contributed by atoms with van der Waals surface area (Å²) in [5.74, 6) is -0.525. The number of hydrogen-bond acceptors (Lipinski definition) is 5. The number of methoxy groups -OCH3 is 1. The predicted octanol–water partition coefficient (Wildman–Crippen LogP) is 1.09. The van der Waals surface area contributed by atoms with Crippen LogP contribution in [0.1, 0.15) is 23.3 Å². The molecule has 2 amide bonds. The number of aliphatic hydroxyl groups is 1. The first-order valence-electron chi connectivity index (χ1n) is 10.6. The van der Waals surface area contributed by atoms with Gasteiger partial charge >= 0.3 is 0 Å². The van der Waals surface area contributed by atoms with Gasteiger partial charge in [-0.2, -0.15) is 0 Å². The lowest BCUT2D eigenvalue weighted by molar-refractivity contribution is -0.135. The van der Waals surface area contributed by atoms with Crippen LogP contribution in [-0.4, -0.2) is 63.8 Å². The molecule has 3 aromatic rings. The Hall–Kier alpha value is -3.84. The topological polar surface area (TPSA) is 110 Å². The molecule has 4 rings (SSSR count). The quantitative estimate of drug-likeness (QED) is 0.565. The van der Waals surface area contributed by atoms with Crippen LogP contribution >= 0.6 is 0 Å². The normalized spacial score (nSPS) is 14.4. The first-order valence-corrected chi connectivity index (χ1v) is 10.6. The Kier molecular flexibility index (Phi) is 6.07. The number of ether oxygens (including phenoxy) is 1. The molecule has 172 valence electrons. The van der Waals surface area contributed by atoms with E-state index in [1.54, 1.807) is 28.6 Å². The first kappa shape index (κ1) is 22.4. The van der Waals surface area contributed by atoms with Crippen LogP contribution in [0.25, 0.3) is 26.7 Å². The molecule has 2 aromatic heterocycles. The lowest BCUT2D eigenvalue weighted by Crippen LogP contribution is -2.47. The number of nitrogens with one attached hydrogen (secondary N) is 1. The van der Waals surface area contributed by atoms with Gasteiger partial charge in [-0.25, -0.2) is 11.1 Å². The molecule has 1 aromatic carbocycles. The van der Waals surface area contributed by atoms with Crippen molar-refractivity contribution in [3.63, 3.8) is 0 Å². The molecule has 0 saturated carbocycles. The van der Waals surface area contributed by atoms with Crippen molar-refractivity contribution < 1.29 is 19.4 Å². The van der Waals surface area contributed by atoms with Gasteiger partial charge in [0.25, 0.3) is 18.1 Å². The molecule has 0 radical (unpaired) electrons. The number of piperidine rings is 1. The van der Waals surface area contributed by atoms with E-state index in [2.05, 4.69) is 10.2 Å². The molecule has 0 bridgehead atoms. The minimum Gasteiger partial charge on any atom is -0.493 e. The Bertz CT molecular complexity index is 1340. The number of hydrogen-bond donors (Lipinski definition) is 2. The lowest BCUT2D eigenvalue weighted by Gasteiger charge is -2.32. The van der Waals surface area contributed by atoms with E-state index in [4.69, 9.17) is 16.4 Å². The average Bonchev–Trinajstić information content (AvgIpc) is 3.14. The Balaban J connectivity index is 1.77. The minimum absolute atomic E-state index is 0.139. The van der Waals surface area contributed by atoms with Gasteiger partial charge in [0.15, 0.2) is 11.4 Å². The summed E-state index contributed by atoms with van der Waals surface area (Å²) >= 11 is 0. The van der Waals surface area contributed by atoms with Crippen LogP contribution in [0.3, 0.4) is 0 Å². The van der Waals surface area contributed by atoms with Gasteiger partial charge in [-0.05, 0) is 18.9 Å². The molecule has 10 heteroatoms. The zero-order valence-electron chi connectivity index (χ0n) is 18.5. The standard InChI is InChI=1S/C23H25N5O5/c1-24-13-28-16-7-5-4-6-15(16)19-18(23(28)32)21(33-3)20(26(19)2)22(31)25-14-8-10-27(11-9-14)17(30)12-29/h4-7,14,29H,8-13H2,2-3H3,(H,25,31). The molecule has 0 atom stereocenters. The van der Waals surface area contributed by atoms with Crippen LogP contribution in [0.15, 0.2) is 29.1 Å². The van der Waals surface area contributed by atoms with Gasteiger partial charge in [-0.3, -0.25) is 19.2 Å². The van der Waals surface area contributed by atoms with E-state index >= 15 is 0 Å². The third kappa shape index (κ3) is 3.70. The van der Waals surface area contributed by atoms with Crippen molar-refractivity contribution >= 4 is 33.6 Å². The monoisotopic (exact) mass is 451 g/mol. The van der Waals surface area contributed by atoms with E-state index < -0.39 is 6.61 Å². The third-order valence-corrected chi connectivity index (χ3v) is 6.21. The molecule has 10 nitrogen and oxygen atoms in total. The highest BCUT2D eigenvalue weighted by Gasteiger charge is 2.30. The van der Waals surface area contributed by atoms with Crippen LogP contribution < -0.4 is 15.6 Å². The molecule has 1 saturated heterocycles. The SMILES string of the molecule is [C-]#[N+]Cn1c(=O)c2c(OC)c(C(=O)NC3CCN(C(=O)CO)CC3)n(C)c2c2ccccc21. The summed E-state index contributed by atoms with van der Waals surface area (Å²) in [7, 11) is 3.13. The number of aromatic nitrogens is 2. The molecule has 1 aliphatic heterocycles. The molecule has 0 spiro atoms. The van der Waals surface area contributed by atoms with E-state index in [1.807, 2.05) is 12.1 Å².